The number of rotatable bonds is 5. The van der Waals surface area contributed by atoms with Crippen LogP contribution < -0.4 is 0 Å². The van der Waals surface area contributed by atoms with Gasteiger partial charge < -0.3 is 4.57 Å². The molecule has 0 aliphatic heterocycles. The average Bonchev–Trinajstić information content (AvgIpc) is 2.80. The largest absolute Gasteiger partial charge is 0.335 e. The Labute approximate surface area is 127 Å². The predicted molar refractivity (Wildman–Crippen MR) is 84.4 cm³/mol. The summed E-state index contributed by atoms with van der Waals surface area (Å²) in [5, 5.41) is 0. The molecule has 1 aromatic heterocycles. The fourth-order valence-corrected chi connectivity index (χ4v) is 2.71. The van der Waals surface area contributed by atoms with Crippen molar-refractivity contribution in [3.63, 3.8) is 0 Å². The number of aromatic nitrogens is 2. The van der Waals surface area contributed by atoms with Crippen LogP contribution in [-0.4, -0.2) is 15.3 Å². The Bertz CT molecular complexity index is 590. The van der Waals surface area contributed by atoms with E-state index in [1.807, 2.05) is 31.3 Å². The number of halogens is 1. The summed E-state index contributed by atoms with van der Waals surface area (Å²) >= 11 is 2.24. The smallest absolute Gasteiger partial charge is 0.171 e. The third kappa shape index (κ3) is 3.23. The Morgan fingerprint density at radius 1 is 1.42 bits per heavy atom. The second-order valence-electron chi connectivity index (χ2n) is 4.57. The van der Waals surface area contributed by atoms with E-state index in [1.54, 1.807) is 6.20 Å². The monoisotopic (exact) mass is 368 g/mol. The van der Waals surface area contributed by atoms with Crippen molar-refractivity contribution < 1.29 is 4.79 Å². The van der Waals surface area contributed by atoms with Gasteiger partial charge in [-0.15, -0.1) is 0 Å². The SMILES string of the molecule is CCCn1ccnc1CC(=O)c1cccc(C)c1I. The Morgan fingerprint density at radius 3 is 2.95 bits per heavy atom. The average molecular weight is 368 g/mol. The van der Waals surface area contributed by atoms with Crippen LogP contribution in [0, 0.1) is 10.5 Å². The maximum absolute atomic E-state index is 12.4. The van der Waals surface area contributed by atoms with Crippen molar-refractivity contribution in [2.45, 2.75) is 33.2 Å². The first-order valence-corrected chi connectivity index (χ1v) is 7.49. The summed E-state index contributed by atoms with van der Waals surface area (Å²) in [5.74, 6) is 0.987. The van der Waals surface area contributed by atoms with Gasteiger partial charge in [0.2, 0.25) is 0 Å². The Morgan fingerprint density at radius 2 is 2.21 bits per heavy atom. The summed E-state index contributed by atoms with van der Waals surface area (Å²) < 4.78 is 3.10. The molecular formula is C15H17IN2O. The maximum atomic E-state index is 12.4. The van der Waals surface area contributed by atoms with Crippen molar-refractivity contribution in [1.82, 2.24) is 9.55 Å². The summed E-state index contributed by atoms with van der Waals surface area (Å²) in [7, 11) is 0. The molecule has 0 aliphatic rings. The number of Topliss-reactive ketones (excluding diaryl/α,β-unsaturated/α-hetero) is 1. The molecule has 0 N–H and O–H groups in total. The summed E-state index contributed by atoms with van der Waals surface area (Å²) in [6.45, 7) is 5.05. The molecule has 0 atom stereocenters. The van der Waals surface area contributed by atoms with Crippen LogP contribution in [0.4, 0.5) is 0 Å². The van der Waals surface area contributed by atoms with Gasteiger partial charge in [-0.2, -0.15) is 0 Å². The molecule has 0 unspecified atom stereocenters. The van der Waals surface area contributed by atoms with Gasteiger partial charge in [0.05, 0.1) is 6.42 Å². The van der Waals surface area contributed by atoms with Crippen molar-refractivity contribution in [3.05, 3.63) is 51.1 Å². The normalized spacial score (nSPS) is 10.7. The number of hydrogen-bond acceptors (Lipinski definition) is 2. The van der Waals surface area contributed by atoms with Crippen molar-refractivity contribution in [3.8, 4) is 0 Å². The third-order valence-electron chi connectivity index (χ3n) is 3.08. The highest BCUT2D eigenvalue weighted by molar-refractivity contribution is 14.1. The van der Waals surface area contributed by atoms with Crippen LogP contribution >= 0.6 is 22.6 Å². The van der Waals surface area contributed by atoms with Crippen molar-refractivity contribution in [2.75, 3.05) is 0 Å². The second-order valence-corrected chi connectivity index (χ2v) is 5.65. The standard InChI is InChI=1S/C15H17IN2O/c1-3-8-18-9-7-17-14(18)10-13(19)12-6-4-5-11(2)15(12)16/h4-7,9H,3,8,10H2,1-2H3. The van der Waals surface area contributed by atoms with E-state index in [-0.39, 0.29) is 5.78 Å². The second kappa shape index (κ2) is 6.32. The van der Waals surface area contributed by atoms with Crippen LogP contribution in [0.5, 0.6) is 0 Å². The van der Waals surface area contributed by atoms with E-state index in [1.165, 1.54) is 0 Å². The van der Waals surface area contributed by atoms with E-state index < -0.39 is 0 Å². The van der Waals surface area contributed by atoms with Gasteiger partial charge in [0.15, 0.2) is 5.78 Å². The molecule has 0 radical (unpaired) electrons. The van der Waals surface area contributed by atoms with Gasteiger partial charge in [0, 0.05) is 28.1 Å². The topological polar surface area (TPSA) is 34.9 Å². The first kappa shape index (κ1) is 14.2. The summed E-state index contributed by atoms with van der Waals surface area (Å²) in [6.07, 6.45) is 5.11. The third-order valence-corrected chi connectivity index (χ3v) is 4.51. The van der Waals surface area contributed by atoms with Crippen LogP contribution in [-0.2, 0) is 13.0 Å². The molecule has 0 saturated heterocycles. The van der Waals surface area contributed by atoms with Gasteiger partial charge >= 0.3 is 0 Å². The van der Waals surface area contributed by atoms with E-state index in [4.69, 9.17) is 0 Å². The molecule has 1 heterocycles. The number of carbonyl (C=O) groups is 1. The Hall–Kier alpha value is -1.17. The van der Waals surface area contributed by atoms with E-state index >= 15 is 0 Å². The molecule has 0 amide bonds. The Kier molecular flexibility index (Phi) is 4.74. The molecule has 100 valence electrons. The minimum atomic E-state index is 0.136. The molecular weight excluding hydrogens is 351 g/mol. The van der Waals surface area contributed by atoms with Crippen molar-refractivity contribution >= 4 is 28.4 Å². The van der Waals surface area contributed by atoms with Crippen LogP contribution in [0.3, 0.4) is 0 Å². The molecule has 1 aromatic carbocycles. The first-order chi connectivity index (χ1) is 9.13. The zero-order chi connectivity index (χ0) is 13.8. The van der Waals surface area contributed by atoms with Crippen LogP contribution in [0.15, 0.2) is 30.6 Å². The minimum absolute atomic E-state index is 0.136. The molecule has 19 heavy (non-hydrogen) atoms. The highest BCUT2D eigenvalue weighted by Crippen LogP contribution is 2.18. The van der Waals surface area contributed by atoms with E-state index in [2.05, 4.69) is 39.1 Å². The highest BCUT2D eigenvalue weighted by atomic mass is 127. The van der Waals surface area contributed by atoms with E-state index in [0.29, 0.717) is 6.42 Å². The summed E-state index contributed by atoms with van der Waals surface area (Å²) in [5.41, 5.74) is 1.94. The van der Waals surface area contributed by atoms with Gasteiger partial charge in [0.25, 0.3) is 0 Å². The van der Waals surface area contributed by atoms with Gasteiger partial charge in [0.1, 0.15) is 5.82 Å². The van der Waals surface area contributed by atoms with Gasteiger partial charge in [-0.25, -0.2) is 4.98 Å². The number of hydrogen-bond donors (Lipinski definition) is 0. The number of carbonyl (C=O) groups excluding carboxylic acids is 1. The lowest BCUT2D eigenvalue weighted by atomic mass is 10.1. The molecule has 2 aromatic rings. The maximum Gasteiger partial charge on any atom is 0.171 e. The molecule has 0 saturated carbocycles. The summed E-state index contributed by atoms with van der Waals surface area (Å²) in [4.78, 5) is 16.7. The van der Waals surface area contributed by atoms with Crippen LogP contribution in [0.25, 0.3) is 0 Å². The molecule has 0 aliphatic carbocycles. The lowest BCUT2D eigenvalue weighted by Crippen LogP contribution is -2.11. The number of benzene rings is 1. The number of aryl methyl sites for hydroxylation is 2. The summed E-state index contributed by atoms with van der Waals surface area (Å²) in [6, 6.07) is 5.85. The molecule has 2 rings (SSSR count). The zero-order valence-electron chi connectivity index (χ0n) is 11.2. The molecule has 0 bridgehead atoms. The fourth-order valence-electron chi connectivity index (χ4n) is 2.05. The quantitative estimate of drug-likeness (QED) is 0.597. The van der Waals surface area contributed by atoms with Gasteiger partial charge in [-0.1, -0.05) is 25.1 Å². The number of imidazole rings is 1. The number of ketones is 1. The van der Waals surface area contributed by atoms with Gasteiger partial charge in [-0.05, 0) is 41.5 Å². The molecule has 3 nitrogen and oxygen atoms in total. The highest BCUT2D eigenvalue weighted by Gasteiger charge is 2.14. The Balaban J connectivity index is 2.21. The van der Waals surface area contributed by atoms with Crippen molar-refractivity contribution in [1.29, 1.82) is 0 Å². The predicted octanol–water partition coefficient (Wildman–Crippen LogP) is 3.63. The number of nitrogens with zero attached hydrogens (tertiary/aromatic N) is 2. The fraction of sp³-hybridized carbons (Fsp3) is 0.333. The molecule has 0 fully saturated rings. The zero-order valence-corrected chi connectivity index (χ0v) is 13.3. The minimum Gasteiger partial charge on any atom is -0.335 e. The first-order valence-electron chi connectivity index (χ1n) is 6.41. The lowest BCUT2D eigenvalue weighted by Gasteiger charge is -2.08. The van der Waals surface area contributed by atoms with Crippen molar-refractivity contribution in [2.24, 2.45) is 0 Å². The van der Waals surface area contributed by atoms with E-state index in [9.17, 15) is 4.79 Å². The van der Waals surface area contributed by atoms with Crippen LogP contribution in [0.2, 0.25) is 0 Å². The molecule has 0 spiro atoms. The molecule has 4 heteroatoms. The van der Waals surface area contributed by atoms with Gasteiger partial charge in [-0.3, -0.25) is 4.79 Å². The van der Waals surface area contributed by atoms with Crippen LogP contribution in [0.1, 0.15) is 35.1 Å². The lowest BCUT2D eigenvalue weighted by molar-refractivity contribution is 0.0988. The van der Waals surface area contributed by atoms with E-state index in [0.717, 1.165) is 33.5 Å².